The van der Waals surface area contributed by atoms with Crippen LogP contribution in [0.5, 0.6) is 0 Å². The molecule has 0 saturated heterocycles. The molecule has 3 N–H and O–H groups in total. The van der Waals surface area contributed by atoms with Crippen LogP contribution in [0.25, 0.3) is 0 Å². The fraction of sp³-hybridized carbons (Fsp3) is 0.0909. The molecule has 2 rings (SSSR count). The van der Waals surface area contributed by atoms with Crippen LogP contribution in [0.4, 0.5) is 5.69 Å². The predicted molar refractivity (Wildman–Crippen MR) is 71.5 cm³/mol. The van der Waals surface area contributed by atoms with E-state index in [4.69, 9.17) is 9.56 Å². The molecule has 18 heavy (non-hydrogen) atoms. The summed E-state index contributed by atoms with van der Waals surface area (Å²) in [5, 5.41) is 8.11. The Morgan fingerprint density at radius 3 is 2.33 bits per heavy atom. The Morgan fingerprint density at radius 1 is 1.17 bits per heavy atom. The summed E-state index contributed by atoms with van der Waals surface area (Å²) in [6.07, 6.45) is 0. The number of benzene rings is 1. The smallest absolute Gasteiger partial charge is 0.238 e. The van der Waals surface area contributed by atoms with Crippen molar-refractivity contribution in [1.29, 1.82) is 0 Å². The second kappa shape index (κ2) is 5.13. The molecule has 0 atom stereocenters. The fourth-order valence-corrected chi connectivity index (χ4v) is 2.25. The van der Waals surface area contributed by atoms with Crippen molar-refractivity contribution >= 4 is 31.6 Å². The largest absolute Gasteiger partial charge is 0.452 e. The lowest BCUT2D eigenvalue weighted by atomic mass is 10.3. The van der Waals surface area contributed by atoms with Crippen LogP contribution >= 0.6 is 15.9 Å². The minimum atomic E-state index is -3.64. The summed E-state index contributed by atoms with van der Waals surface area (Å²) in [4.78, 5) is 0.0915. The Labute approximate surface area is 113 Å². The summed E-state index contributed by atoms with van der Waals surface area (Å²) in [5.41, 5.74) is 0.787. The number of nitrogens with two attached hydrogens (primary N) is 1. The molecule has 0 saturated carbocycles. The molecule has 2 aromatic rings. The van der Waals surface area contributed by atoms with Crippen LogP contribution < -0.4 is 10.5 Å². The second-order valence-electron chi connectivity index (χ2n) is 3.63. The molecule has 5 nitrogen and oxygen atoms in total. The summed E-state index contributed by atoms with van der Waals surface area (Å²) in [6.45, 7) is 0.514. The highest BCUT2D eigenvalue weighted by Gasteiger charge is 2.06. The number of nitrogens with one attached hydrogen (secondary N) is 1. The Hall–Kier alpha value is -1.31. The van der Waals surface area contributed by atoms with Gasteiger partial charge in [0.25, 0.3) is 0 Å². The third-order valence-corrected chi connectivity index (χ3v) is 3.63. The molecule has 0 aliphatic heterocycles. The molecule has 1 heterocycles. The number of rotatable bonds is 4. The highest BCUT2D eigenvalue weighted by Crippen LogP contribution is 2.17. The van der Waals surface area contributed by atoms with Gasteiger partial charge in [-0.2, -0.15) is 0 Å². The minimum Gasteiger partial charge on any atom is -0.452 e. The van der Waals surface area contributed by atoms with Crippen molar-refractivity contribution in [2.75, 3.05) is 5.32 Å². The van der Waals surface area contributed by atoms with E-state index < -0.39 is 10.0 Å². The van der Waals surface area contributed by atoms with Crippen LogP contribution in [-0.2, 0) is 16.6 Å². The van der Waals surface area contributed by atoms with Gasteiger partial charge in [-0.3, -0.25) is 0 Å². The number of sulfonamides is 1. The monoisotopic (exact) mass is 330 g/mol. The van der Waals surface area contributed by atoms with Gasteiger partial charge in [0.1, 0.15) is 5.76 Å². The van der Waals surface area contributed by atoms with E-state index in [1.807, 2.05) is 6.07 Å². The van der Waals surface area contributed by atoms with Gasteiger partial charge < -0.3 is 9.73 Å². The first-order chi connectivity index (χ1) is 8.45. The van der Waals surface area contributed by atoms with E-state index in [0.717, 1.165) is 11.4 Å². The average Bonchev–Trinajstić information content (AvgIpc) is 2.72. The van der Waals surface area contributed by atoms with E-state index in [1.165, 1.54) is 12.1 Å². The Bertz CT molecular complexity index is 635. The summed E-state index contributed by atoms with van der Waals surface area (Å²) < 4.78 is 28.1. The van der Waals surface area contributed by atoms with Gasteiger partial charge in [0, 0.05) is 5.69 Å². The summed E-state index contributed by atoms with van der Waals surface area (Å²) in [5.74, 6) is 0.775. The number of hydrogen-bond donors (Lipinski definition) is 2. The first-order valence-electron chi connectivity index (χ1n) is 5.06. The highest BCUT2D eigenvalue weighted by atomic mass is 79.9. The zero-order valence-corrected chi connectivity index (χ0v) is 11.7. The highest BCUT2D eigenvalue weighted by molar-refractivity contribution is 9.10. The van der Waals surface area contributed by atoms with Gasteiger partial charge in [-0.1, -0.05) is 0 Å². The molecular weight excluding hydrogens is 320 g/mol. The van der Waals surface area contributed by atoms with E-state index in [1.54, 1.807) is 18.2 Å². The van der Waals surface area contributed by atoms with E-state index in [-0.39, 0.29) is 4.90 Å². The van der Waals surface area contributed by atoms with Crippen molar-refractivity contribution in [3.8, 4) is 0 Å². The number of primary sulfonamides is 1. The zero-order valence-electron chi connectivity index (χ0n) is 9.26. The summed E-state index contributed by atoms with van der Waals surface area (Å²) in [7, 11) is -3.64. The fourth-order valence-electron chi connectivity index (χ4n) is 1.40. The molecule has 0 amide bonds. The van der Waals surface area contributed by atoms with E-state index in [9.17, 15) is 8.42 Å². The third-order valence-electron chi connectivity index (χ3n) is 2.28. The first kappa shape index (κ1) is 13.1. The Kier molecular flexibility index (Phi) is 3.74. The minimum absolute atomic E-state index is 0.0915. The van der Waals surface area contributed by atoms with Crippen molar-refractivity contribution in [3.63, 3.8) is 0 Å². The summed E-state index contributed by atoms with van der Waals surface area (Å²) >= 11 is 3.21. The average molecular weight is 331 g/mol. The molecule has 0 radical (unpaired) electrons. The maximum atomic E-state index is 11.1. The molecule has 0 spiro atoms. The van der Waals surface area contributed by atoms with Gasteiger partial charge in [0.05, 0.1) is 11.4 Å². The maximum Gasteiger partial charge on any atom is 0.238 e. The lowest BCUT2D eigenvalue weighted by Gasteiger charge is -2.05. The standard InChI is InChI=1S/C11H11BrN2O3S/c12-11-6-3-9(17-11)7-14-8-1-4-10(5-2-8)18(13,15)16/h1-6,14H,7H2,(H2,13,15,16). The number of halogens is 1. The van der Waals surface area contributed by atoms with E-state index >= 15 is 0 Å². The van der Waals surface area contributed by atoms with Gasteiger partial charge in [-0.25, -0.2) is 13.6 Å². The van der Waals surface area contributed by atoms with Crippen LogP contribution in [0.2, 0.25) is 0 Å². The van der Waals surface area contributed by atoms with Crippen molar-refractivity contribution < 1.29 is 12.8 Å². The van der Waals surface area contributed by atoms with Gasteiger partial charge in [-0.05, 0) is 52.3 Å². The number of anilines is 1. The molecule has 7 heteroatoms. The van der Waals surface area contributed by atoms with Gasteiger partial charge in [0.15, 0.2) is 4.67 Å². The molecule has 0 unspecified atom stereocenters. The molecule has 0 aliphatic carbocycles. The van der Waals surface area contributed by atoms with Crippen molar-refractivity contribution in [2.24, 2.45) is 5.14 Å². The molecule has 1 aromatic heterocycles. The van der Waals surface area contributed by atoms with Crippen LogP contribution in [0.15, 0.2) is 50.4 Å². The molecular formula is C11H11BrN2O3S. The zero-order chi connectivity index (χ0) is 13.2. The predicted octanol–water partition coefficient (Wildman–Crippen LogP) is 2.30. The SMILES string of the molecule is NS(=O)(=O)c1ccc(NCc2ccc(Br)o2)cc1. The molecule has 0 aliphatic rings. The second-order valence-corrected chi connectivity index (χ2v) is 5.97. The number of furan rings is 1. The first-order valence-corrected chi connectivity index (χ1v) is 7.40. The van der Waals surface area contributed by atoms with Gasteiger partial charge in [0.2, 0.25) is 10.0 Å². The molecule has 1 aromatic carbocycles. The molecule has 0 bridgehead atoms. The topological polar surface area (TPSA) is 85.3 Å². The normalized spacial score (nSPS) is 11.4. The lowest BCUT2D eigenvalue weighted by Crippen LogP contribution is -2.11. The quantitative estimate of drug-likeness (QED) is 0.900. The van der Waals surface area contributed by atoms with Crippen molar-refractivity contribution in [1.82, 2.24) is 0 Å². The van der Waals surface area contributed by atoms with Crippen LogP contribution in [-0.4, -0.2) is 8.42 Å². The Morgan fingerprint density at radius 2 is 1.83 bits per heavy atom. The van der Waals surface area contributed by atoms with Crippen molar-refractivity contribution in [2.45, 2.75) is 11.4 Å². The third kappa shape index (κ3) is 3.34. The van der Waals surface area contributed by atoms with Crippen LogP contribution in [0, 0.1) is 0 Å². The van der Waals surface area contributed by atoms with E-state index in [0.29, 0.717) is 11.2 Å². The van der Waals surface area contributed by atoms with Crippen LogP contribution in [0.3, 0.4) is 0 Å². The summed E-state index contributed by atoms with van der Waals surface area (Å²) in [6, 6.07) is 9.86. The molecule has 0 fully saturated rings. The maximum absolute atomic E-state index is 11.1. The van der Waals surface area contributed by atoms with Crippen LogP contribution in [0.1, 0.15) is 5.76 Å². The van der Waals surface area contributed by atoms with Crippen molar-refractivity contribution in [3.05, 3.63) is 46.8 Å². The van der Waals surface area contributed by atoms with Gasteiger partial charge in [-0.15, -0.1) is 0 Å². The Balaban J connectivity index is 2.03. The molecule has 96 valence electrons. The lowest BCUT2D eigenvalue weighted by molar-refractivity contribution is 0.495. The number of hydrogen-bond acceptors (Lipinski definition) is 4. The van der Waals surface area contributed by atoms with E-state index in [2.05, 4.69) is 21.2 Å². The van der Waals surface area contributed by atoms with Gasteiger partial charge >= 0.3 is 0 Å².